The molecule has 0 radical (unpaired) electrons. The minimum atomic E-state index is 0.426. The Kier molecular flexibility index (Phi) is 9.31. The summed E-state index contributed by atoms with van der Waals surface area (Å²) in [6.07, 6.45) is 10.8. The van der Waals surface area contributed by atoms with Crippen LogP contribution in [-0.4, -0.2) is 11.5 Å². The van der Waals surface area contributed by atoms with Crippen molar-refractivity contribution >= 4 is 0 Å². The zero-order valence-corrected chi connectivity index (χ0v) is 13.6. The van der Waals surface area contributed by atoms with Gasteiger partial charge in [-0.25, -0.2) is 0 Å². The zero-order valence-electron chi connectivity index (χ0n) is 13.6. The van der Waals surface area contributed by atoms with Crippen LogP contribution in [0.15, 0.2) is 18.2 Å². The third kappa shape index (κ3) is 7.04. The van der Waals surface area contributed by atoms with Gasteiger partial charge in [0.1, 0.15) is 0 Å². The van der Waals surface area contributed by atoms with E-state index in [4.69, 9.17) is 0 Å². The minimum Gasteiger partial charge on any atom is -0.309 e. The Morgan fingerprint density at radius 2 is 1.70 bits per heavy atom. The summed E-state index contributed by atoms with van der Waals surface area (Å²) < 4.78 is 0. The van der Waals surface area contributed by atoms with Gasteiger partial charge in [0.15, 0.2) is 0 Å². The van der Waals surface area contributed by atoms with Gasteiger partial charge in [-0.3, -0.25) is 4.98 Å². The van der Waals surface area contributed by atoms with Gasteiger partial charge in [0.2, 0.25) is 0 Å². The molecule has 0 bridgehead atoms. The fraction of sp³-hybridized carbons (Fsp3) is 0.722. The van der Waals surface area contributed by atoms with Crippen molar-refractivity contribution in [2.24, 2.45) is 0 Å². The Labute approximate surface area is 125 Å². The van der Waals surface area contributed by atoms with Gasteiger partial charge in [0, 0.05) is 11.7 Å². The molecule has 0 amide bonds. The van der Waals surface area contributed by atoms with Gasteiger partial charge in [-0.2, -0.15) is 0 Å². The molecule has 1 aromatic rings. The van der Waals surface area contributed by atoms with E-state index in [1.807, 2.05) is 0 Å². The lowest BCUT2D eigenvalue weighted by Gasteiger charge is -2.17. The maximum absolute atomic E-state index is 4.67. The zero-order chi connectivity index (χ0) is 14.6. The van der Waals surface area contributed by atoms with Crippen LogP contribution in [0, 0.1) is 6.92 Å². The fourth-order valence-corrected chi connectivity index (χ4v) is 2.66. The number of rotatable bonds is 11. The van der Waals surface area contributed by atoms with Crippen LogP contribution in [0.1, 0.15) is 82.6 Å². The summed E-state index contributed by atoms with van der Waals surface area (Å²) in [7, 11) is 0. The molecule has 1 atom stereocenters. The van der Waals surface area contributed by atoms with Crippen LogP contribution in [0.2, 0.25) is 0 Å². The molecule has 1 rings (SSSR count). The summed E-state index contributed by atoms with van der Waals surface area (Å²) in [6, 6.07) is 6.77. The van der Waals surface area contributed by atoms with E-state index in [9.17, 15) is 0 Å². The monoisotopic (exact) mass is 276 g/mol. The van der Waals surface area contributed by atoms with Crippen molar-refractivity contribution in [1.82, 2.24) is 10.3 Å². The molecule has 0 aliphatic heterocycles. The Morgan fingerprint density at radius 3 is 2.35 bits per heavy atom. The second-order valence-electron chi connectivity index (χ2n) is 5.72. The number of aryl methyl sites for hydroxylation is 1. The SMILES string of the molecule is CCCCCCCCCC(NCC)c1cccc(C)n1. The van der Waals surface area contributed by atoms with Crippen molar-refractivity contribution in [3.05, 3.63) is 29.6 Å². The highest BCUT2D eigenvalue weighted by molar-refractivity contribution is 5.13. The Balaban J connectivity index is 2.29. The largest absolute Gasteiger partial charge is 0.309 e. The van der Waals surface area contributed by atoms with Gasteiger partial charge in [0.25, 0.3) is 0 Å². The molecule has 1 heterocycles. The first-order chi connectivity index (χ1) is 9.77. The fourth-order valence-electron chi connectivity index (χ4n) is 2.66. The molecule has 1 unspecified atom stereocenters. The number of aromatic nitrogens is 1. The first kappa shape index (κ1) is 17.2. The Hall–Kier alpha value is -0.890. The third-order valence-electron chi connectivity index (χ3n) is 3.81. The molecule has 2 heteroatoms. The first-order valence-electron chi connectivity index (χ1n) is 8.44. The van der Waals surface area contributed by atoms with Crippen LogP contribution in [0.5, 0.6) is 0 Å². The molecule has 0 fully saturated rings. The number of nitrogens with zero attached hydrogens (tertiary/aromatic N) is 1. The van der Waals surface area contributed by atoms with Crippen LogP contribution in [-0.2, 0) is 0 Å². The maximum Gasteiger partial charge on any atom is 0.0576 e. The quantitative estimate of drug-likeness (QED) is 0.563. The molecule has 114 valence electrons. The summed E-state index contributed by atoms with van der Waals surface area (Å²) >= 11 is 0. The van der Waals surface area contributed by atoms with E-state index in [0.717, 1.165) is 12.2 Å². The van der Waals surface area contributed by atoms with E-state index < -0.39 is 0 Å². The second-order valence-corrected chi connectivity index (χ2v) is 5.72. The minimum absolute atomic E-state index is 0.426. The summed E-state index contributed by atoms with van der Waals surface area (Å²) in [5.41, 5.74) is 2.32. The summed E-state index contributed by atoms with van der Waals surface area (Å²) in [5.74, 6) is 0. The van der Waals surface area contributed by atoms with Gasteiger partial charge in [0.05, 0.1) is 5.69 Å². The summed E-state index contributed by atoms with van der Waals surface area (Å²) in [6.45, 7) is 7.53. The average molecular weight is 276 g/mol. The third-order valence-corrected chi connectivity index (χ3v) is 3.81. The van der Waals surface area contributed by atoms with Crippen molar-refractivity contribution in [1.29, 1.82) is 0 Å². The number of pyridine rings is 1. The number of unbranched alkanes of at least 4 members (excludes halogenated alkanes) is 6. The van der Waals surface area contributed by atoms with Gasteiger partial charge in [-0.15, -0.1) is 0 Å². The molecule has 0 aromatic carbocycles. The molecule has 0 aliphatic rings. The van der Waals surface area contributed by atoms with Crippen LogP contribution in [0.25, 0.3) is 0 Å². The van der Waals surface area contributed by atoms with Crippen molar-refractivity contribution in [2.45, 2.75) is 78.2 Å². The smallest absolute Gasteiger partial charge is 0.0576 e. The number of hydrogen-bond donors (Lipinski definition) is 1. The maximum atomic E-state index is 4.67. The molecule has 0 spiro atoms. The highest BCUT2D eigenvalue weighted by Crippen LogP contribution is 2.19. The van der Waals surface area contributed by atoms with Crippen LogP contribution < -0.4 is 5.32 Å². The molecule has 0 aliphatic carbocycles. The van der Waals surface area contributed by atoms with Crippen LogP contribution in [0.4, 0.5) is 0 Å². The Morgan fingerprint density at radius 1 is 1.00 bits per heavy atom. The molecule has 0 saturated carbocycles. The van der Waals surface area contributed by atoms with Crippen molar-refractivity contribution in [3.8, 4) is 0 Å². The summed E-state index contributed by atoms with van der Waals surface area (Å²) in [5, 5.41) is 3.57. The lowest BCUT2D eigenvalue weighted by molar-refractivity contribution is 0.467. The molecular formula is C18H32N2. The molecule has 2 nitrogen and oxygen atoms in total. The van der Waals surface area contributed by atoms with Crippen molar-refractivity contribution in [2.75, 3.05) is 6.54 Å². The Bertz CT molecular complexity index is 349. The first-order valence-corrected chi connectivity index (χ1v) is 8.44. The highest BCUT2D eigenvalue weighted by atomic mass is 14.9. The van der Waals surface area contributed by atoms with Gasteiger partial charge >= 0.3 is 0 Å². The van der Waals surface area contributed by atoms with Gasteiger partial charge in [-0.1, -0.05) is 64.9 Å². The molecule has 1 aromatic heterocycles. The van der Waals surface area contributed by atoms with E-state index >= 15 is 0 Å². The number of hydrogen-bond acceptors (Lipinski definition) is 2. The molecular weight excluding hydrogens is 244 g/mol. The van der Waals surface area contributed by atoms with Gasteiger partial charge < -0.3 is 5.32 Å². The van der Waals surface area contributed by atoms with Crippen LogP contribution >= 0.6 is 0 Å². The van der Waals surface area contributed by atoms with E-state index in [1.54, 1.807) is 0 Å². The lowest BCUT2D eigenvalue weighted by Crippen LogP contribution is -2.22. The average Bonchev–Trinajstić information content (AvgIpc) is 2.45. The van der Waals surface area contributed by atoms with Gasteiger partial charge in [-0.05, 0) is 32.0 Å². The summed E-state index contributed by atoms with van der Waals surface area (Å²) in [4.78, 5) is 4.67. The van der Waals surface area contributed by atoms with E-state index in [0.29, 0.717) is 6.04 Å². The van der Waals surface area contributed by atoms with E-state index in [1.165, 1.54) is 57.1 Å². The molecule has 1 N–H and O–H groups in total. The molecule has 0 saturated heterocycles. The second kappa shape index (κ2) is 10.8. The van der Waals surface area contributed by atoms with Crippen LogP contribution in [0.3, 0.4) is 0 Å². The van der Waals surface area contributed by atoms with Crippen molar-refractivity contribution in [3.63, 3.8) is 0 Å². The van der Waals surface area contributed by atoms with Crippen molar-refractivity contribution < 1.29 is 0 Å². The lowest BCUT2D eigenvalue weighted by atomic mass is 10.0. The molecule has 20 heavy (non-hydrogen) atoms. The van der Waals surface area contributed by atoms with E-state index in [-0.39, 0.29) is 0 Å². The normalized spacial score (nSPS) is 12.6. The topological polar surface area (TPSA) is 24.9 Å². The highest BCUT2D eigenvalue weighted by Gasteiger charge is 2.11. The predicted molar refractivity (Wildman–Crippen MR) is 88.0 cm³/mol. The van der Waals surface area contributed by atoms with E-state index in [2.05, 4.69) is 49.3 Å². The standard InChI is InChI=1S/C18H32N2/c1-4-6-7-8-9-10-11-14-17(19-5-2)18-15-12-13-16(3)20-18/h12-13,15,17,19H,4-11,14H2,1-3H3. The number of nitrogens with one attached hydrogen (secondary N) is 1. The predicted octanol–water partition coefficient (Wildman–Crippen LogP) is 5.18.